The van der Waals surface area contributed by atoms with Gasteiger partial charge in [-0.1, -0.05) is 0 Å². The maximum Gasteiger partial charge on any atom is 0.522 e. The monoisotopic (exact) mass is 499 g/mol. The molecule has 14 heteroatoms. The van der Waals surface area contributed by atoms with E-state index in [0.717, 1.165) is 4.90 Å². The zero-order chi connectivity index (χ0) is 25.3. The number of carbonyl (C=O) groups is 4. The average molecular weight is 499 g/mol. The fourth-order valence-electron chi connectivity index (χ4n) is 4.47. The first-order valence-corrected chi connectivity index (χ1v) is 10.9. The van der Waals surface area contributed by atoms with Crippen LogP contribution in [0.1, 0.15) is 38.5 Å². The van der Waals surface area contributed by atoms with Gasteiger partial charge in [0, 0.05) is 25.4 Å². The van der Waals surface area contributed by atoms with E-state index in [1.165, 1.54) is 0 Å². The van der Waals surface area contributed by atoms with Crippen molar-refractivity contribution < 1.29 is 51.0 Å². The summed E-state index contributed by atoms with van der Waals surface area (Å²) in [6.45, 7) is -1.01. The van der Waals surface area contributed by atoms with Crippen molar-refractivity contribution in [2.45, 2.75) is 69.5 Å². The first-order valence-electron chi connectivity index (χ1n) is 10.9. The molecule has 0 aromatic carbocycles. The van der Waals surface area contributed by atoms with E-state index >= 15 is 0 Å². The maximum atomic E-state index is 13.0. The number of aliphatic hydroxyl groups is 1. The van der Waals surface area contributed by atoms with Gasteiger partial charge < -0.3 is 20.6 Å². The van der Waals surface area contributed by atoms with Gasteiger partial charge in [0.25, 0.3) is 5.91 Å². The third kappa shape index (κ3) is 6.62. The topological polar surface area (TPSA) is 125 Å². The Balaban J connectivity index is 1.73. The zero-order valence-corrected chi connectivity index (χ0v) is 18.1. The third-order valence-electron chi connectivity index (χ3n) is 6.50. The highest BCUT2D eigenvalue weighted by atomic mass is 19.4. The first kappa shape index (κ1) is 26.3. The van der Waals surface area contributed by atoms with Crippen molar-refractivity contribution in [1.82, 2.24) is 15.5 Å². The second-order valence-corrected chi connectivity index (χ2v) is 9.10. The van der Waals surface area contributed by atoms with Crippen LogP contribution in [0, 0.1) is 11.3 Å². The Hall–Kier alpha value is -2.35. The van der Waals surface area contributed by atoms with Crippen LogP contribution in [-0.4, -0.2) is 84.2 Å². The van der Waals surface area contributed by atoms with Gasteiger partial charge in [0.05, 0.1) is 6.04 Å². The molecule has 1 saturated carbocycles. The number of carbonyl (C=O) groups excluding carboxylic acids is 4. The summed E-state index contributed by atoms with van der Waals surface area (Å²) in [6.07, 6.45) is -9.60. The number of amides is 3. The van der Waals surface area contributed by atoms with Crippen LogP contribution in [0.3, 0.4) is 0 Å². The minimum absolute atomic E-state index is 0.0606. The summed E-state index contributed by atoms with van der Waals surface area (Å²) >= 11 is 0. The molecule has 2 heterocycles. The summed E-state index contributed by atoms with van der Waals surface area (Å²) in [5.41, 5.74) is -0.396. The summed E-state index contributed by atoms with van der Waals surface area (Å²) in [5, 5.41) is 14.7. The largest absolute Gasteiger partial charge is 0.522 e. The number of hydrogen-bond acceptors (Lipinski definition) is 6. The zero-order valence-electron chi connectivity index (χ0n) is 18.1. The highest BCUT2D eigenvalue weighted by Gasteiger charge is 2.56. The van der Waals surface area contributed by atoms with E-state index in [0.29, 0.717) is 25.8 Å². The van der Waals surface area contributed by atoms with Crippen molar-refractivity contribution in [1.29, 1.82) is 0 Å². The molecule has 0 radical (unpaired) electrons. The summed E-state index contributed by atoms with van der Waals surface area (Å²) in [4.78, 5) is 50.9. The van der Waals surface area contributed by atoms with Crippen LogP contribution in [0.25, 0.3) is 0 Å². The van der Waals surface area contributed by atoms with Crippen molar-refractivity contribution in [3.8, 4) is 0 Å². The Bertz CT molecular complexity index is 819. The van der Waals surface area contributed by atoms with E-state index in [9.17, 15) is 46.2 Å². The quantitative estimate of drug-likeness (QED) is 0.376. The number of nitrogens with zero attached hydrogens (tertiary/aromatic N) is 1. The lowest BCUT2D eigenvalue weighted by atomic mass is 9.95. The molecule has 1 spiro atoms. The van der Waals surface area contributed by atoms with Crippen LogP contribution in [0.5, 0.6) is 0 Å². The van der Waals surface area contributed by atoms with E-state index in [-0.39, 0.29) is 19.4 Å². The molecule has 3 amide bonds. The van der Waals surface area contributed by atoms with Gasteiger partial charge >= 0.3 is 6.36 Å². The SMILES string of the molecule is O=C1NCC[C@H]1C[C@H](NC(=O)[C@@H]1CC2(CC2)CN1C(=O)[C@H](O)CC(F)F)C(=O)COC(F)(F)F. The molecule has 3 N–H and O–H groups in total. The van der Waals surface area contributed by atoms with E-state index in [4.69, 9.17) is 0 Å². The van der Waals surface area contributed by atoms with Crippen LogP contribution in [0.2, 0.25) is 0 Å². The number of ketones is 1. The molecule has 1 aliphatic carbocycles. The van der Waals surface area contributed by atoms with Crippen LogP contribution in [0.4, 0.5) is 22.0 Å². The Morgan fingerprint density at radius 3 is 2.47 bits per heavy atom. The number of nitrogens with one attached hydrogen (secondary N) is 2. The van der Waals surface area contributed by atoms with E-state index in [1.54, 1.807) is 0 Å². The fourth-order valence-corrected chi connectivity index (χ4v) is 4.47. The van der Waals surface area contributed by atoms with Crippen molar-refractivity contribution in [3.05, 3.63) is 0 Å². The minimum atomic E-state index is -5.08. The molecular formula is C20H26F5N3O6. The number of rotatable bonds is 10. The molecule has 0 aromatic heterocycles. The van der Waals surface area contributed by atoms with Gasteiger partial charge in [0.2, 0.25) is 18.2 Å². The van der Waals surface area contributed by atoms with Crippen LogP contribution in [0.15, 0.2) is 0 Å². The van der Waals surface area contributed by atoms with Crippen LogP contribution < -0.4 is 10.6 Å². The summed E-state index contributed by atoms with van der Waals surface area (Å²) in [5.74, 6) is -4.16. The number of alkyl halides is 5. The standard InChI is InChI=1S/C20H26F5N3O6/c21-15(22)6-13(29)18(33)28-9-19(2-3-19)7-12(28)17(32)27-11(5-10-1-4-26-16(10)31)14(30)8-34-20(23,24)25/h10-13,15,29H,1-9H2,(H,26,31)(H,27,32)/t10-,11-,12-,13+/m0/s1. The molecular weight excluding hydrogens is 473 g/mol. The highest BCUT2D eigenvalue weighted by molar-refractivity contribution is 5.95. The van der Waals surface area contributed by atoms with E-state index in [2.05, 4.69) is 15.4 Å². The minimum Gasteiger partial charge on any atom is -0.383 e. The van der Waals surface area contributed by atoms with Gasteiger partial charge in [-0.2, -0.15) is 0 Å². The lowest BCUT2D eigenvalue weighted by Crippen LogP contribution is -2.53. The molecule has 192 valence electrons. The van der Waals surface area contributed by atoms with Crippen LogP contribution in [-0.2, 0) is 23.9 Å². The van der Waals surface area contributed by atoms with Crippen molar-refractivity contribution in [2.75, 3.05) is 19.7 Å². The van der Waals surface area contributed by atoms with Gasteiger partial charge in [-0.3, -0.25) is 23.9 Å². The normalized spacial score (nSPS) is 25.4. The number of halogens is 5. The van der Waals surface area contributed by atoms with Gasteiger partial charge in [-0.25, -0.2) is 8.78 Å². The Morgan fingerprint density at radius 2 is 1.94 bits per heavy atom. The van der Waals surface area contributed by atoms with Gasteiger partial charge in [0.1, 0.15) is 18.8 Å². The average Bonchev–Trinajstić information content (AvgIpc) is 3.19. The maximum absolute atomic E-state index is 13.0. The molecule has 3 rings (SSSR count). The van der Waals surface area contributed by atoms with Gasteiger partial charge in [-0.15, -0.1) is 13.2 Å². The highest BCUT2D eigenvalue weighted by Crippen LogP contribution is 2.55. The summed E-state index contributed by atoms with van der Waals surface area (Å²) in [7, 11) is 0. The molecule has 3 fully saturated rings. The Morgan fingerprint density at radius 1 is 1.26 bits per heavy atom. The molecule has 2 aliphatic heterocycles. The van der Waals surface area contributed by atoms with Crippen molar-refractivity contribution in [2.24, 2.45) is 11.3 Å². The lowest BCUT2D eigenvalue weighted by Gasteiger charge is -2.28. The Kier molecular flexibility index (Phi) is 7.80. The second kappa shape index (κ2) is 10.1. The smallest absolute Gasteiger partial charge is 0.383 e. The first-order chi connectivity index (χ1) is 15.8. The number of likely N-dealkylation sites (tertiary alicyclic amines) is 1. The summed E-state index contributed by atoms with van der Waals surface area (Å²) in [6, 6.07) is -2.69. The number of hydrogen-bond donors (Lipinski definition) is 3. The molecule has 2 saturated heterocycles. The van der Waals surface area contributed by atoms with E-state index < -0.39 is 78.8 Å². The second-order valence-electron chi connectivity index (χ2n) is 9.10. The van der Waals surface area contributed by atoms with Crippen molar-refractivity contribution >= 4 is 23.5 Å². The number of Topliss-reactive ketones (excluding diaryl/α,β-unsaturated/α-hetero) is 1. The van der Waals surface area contributed by atoms with Crippen LogP contribution >= 0.6 is 0 Å². The molecule has 9 nitrogen and oxygen atoms in total. The molecule has 3 aliphatic rings. The predicted octanol–water partition coefficient (Wildman–Crippen LogP) is 0.500. The fraction of sp³-hybridized carbons (Fsp3) is 0.800. The number of aliphatic hydroxyl groups excluding tert-OH is 1. The van der Waals surface area contributed by atoms with Crippen molar-refractivity contribution in [3.63, 3.8) is 0 Å². The lowest BCUT2D eigenvalue weighted by molar-refractivity contribution is -0.321. The van der Waals surface area contributed by atoms with Gasteiger partial charge in [-0.05, 0) is 37.5 Å². The van der Waals surface area contributed by atoms with Gasteiger partial charge in [0.15, 0.2) is 5.78 Å². The van der Waals surface area contributed by atoms with E-state index in [1.807, 2.05) is 0 Å². The molecule has 0 bridgehead atoms. The summed E-state index contributed by atoms with van der Waals surface area (Å²) < 4.78 is 66.0. The molecule has 34 heavy (non-hydrogen) atoms. The predicted molar refractivity (Wildman–Crippen MR) is 103 cm³/mol. The number of ether oxygens (including phenoxy) is 1. The molecule has 0 unspecified atom stereocenters. The molecule has 4 atom stereocenters. The Labute approximate surface area is 191 Å². The molecule has 0 aromatic rings. The third-order valence-corrected chi connectivity index (χ3v) is 6.50.